The van der Waals surface area contributed by atoms with Gasteiger partial charge >= 0.3 is 0 Å². The third-order valence-electron chi connectivity index (χ3n) is 3.80. The van der Waals surface area contributed by atoms with Crippen LogP contribution in [-0.4, -0.2) is 19.0 Å². The molecule has 0 aliphatic rings. The molecule has 0 aliphatic heterocycles. The van der Waals surface area contributed by atoms with Crippen molar-refractivity contribution in [2.75, 3.05) is 18.4 Å². The van der Waals surface area contributed by atoms with Crippen molar-refractivity contribution < 1.29 is 9.18 Å². The predicted molar refractivity (Wildman–Crippen MR) is 96.7 cm³/mol. The Bertz CT molecular complexity index is 675. The standard InChI is InChI=1S/C20H25FN2O/c1-20(2,3)17-6-4-5-7-18(17)23-19(24)14-22-13-12-15-8-10-16(21)11-9-15/h4-11,22H,12-14H2,1-3H3,(H,23,24). The zero-order valence-electron chi connectivity index (χ0n) is 14.5. The summed E-state index contributed by atoms with van der Waals surface area (Å²) < 4.78 is 12.8. The number of benzene rings is 2. The second-order valence-corrected chi connectivity index (χ2v) is 6.90. The van der Waals surface area contributed by atoms with E-state index in [4.69, 9.17) is 0 Å². The van der Waals surface area contributed by atoms with Crippen LogP contribution in [0.5, 0.6) is 0 Å². The number of halogens is 1. The lowest BCUT2D eigenvalue weighted by Gasteiger charge is -2.23. The highest BCUT2D eigenvalue weighted by atomic mass is 19.1. The molecule has 2 rings (SSSR count). The maximum atomic E-state index is 12.8. The summed E-state index contributed by atoms with van der Waals surface area (Å²) in [5, 5.41) is 6.09. The van der Waals surface area contributed by atoms with Gasteiger partial charge in [-0.2, -0.15) is 0 Å². The van der Waals surface area contributed by atoms with Gasteiger partial charge in [-0.1, -0.05) is 51.1 Å². The number of carbonyl (C=O) groups excluding carboxylic acids is 1. The van der Waals surface area contributed by atoms with Crippen LogP contribution in [0.1, 0.15) is 31.9 Å². The first-order chi connectivity index (χ1) is 11.4. The fourth-order valence-corrected chi connectivity index (χ4v) is 2.53. The lowest BCUT2D eigenvalue weighted by molar-refractivity contribution is -0.115. The second kappa shape index (κ2) is 8.06. The molecule has 0 unspecified atom stereocenters. The van der Waals surface area contributed by atoms with Gasteiger partial charge in [0.05, 0.1) is 6.54 Å². The highest BCUT2D eigenvalue weighted by Gasteiger charge is 2.18. The largest absolute Gasteiger partial charge is 0.325 e. The van der Waals surface area contributed by atoms with E-state index in [-0.39, 0.29) is 23.7 Å². The molecule has 1 amide bonds. The second-order valence-electron chi connectivity index (χ2n) is 6.90. The van der Waals surface area contributed by atoms with E-state index >= 15 is 0 Å². The summed E-state index contributed by atoms with van der Waals surface area (Å²) in [6, 6.07) is 14.3. The summed E-state index contributed by atoms with van der Waals surface area (Å²) in [4.78, 5) is 12.1. The van der Waals surface area contributed by atoms with Crippen LogP contribution in [0, 0.1) is 5.82 Å². The predicted octanol–water partition coefficient (Wildman–Crippen LogP) is 3.89. The van der Waals surface area contributed by atoms with E-state index in [2.05, 4.69) is 31.4 Å². The first-order valence-electron chi connectivity index (χ1n) is 8.21. The van der Waals surface area contributed by atoms with E-state index in [1.54, 1.807) is 12.1 Å². The fourth-order valence-electron chi connectivity index (χ4n) is 2.53. The van der Waals surface area contributed by atoms with E-state index in [0.717, 1.165) is 23.2 Å². The van der Waals surface area contributed by atoms with Gasteiger partial charge in [-0.25, -0.2) is 4.39 Å². The summed E-state index contributed by atoms with van der Waals surface area (Å²) >= 11 is 0. The Kier molecular flexibility index (Phi) is 6.10. The van der Waals surface area contributed by atoms with Crippen molar-refractivity contribution in [1.29, 1.82) is 0 Å². The minimum atomic E-state index is -0.233. The number of anilines is 1. The van der Waals surface area contributed by atoms with Gasteiger partial charge in [0.15, 0.2) is 0 Å². The molecule has 128 valence electrons. The molecule has 0 spiro atoms. The zero-order chi connectivity index (χ0) is 17.6. The highest BCUT2D eigenvalue weighted by molar-refractivity contribution is 5.93. The van der Waals surface area contributed by atoms with Gasteiger partial charge < -0.3 is 10.6 Å². The lowest BCUT2D eigenvalue weighted by atomic mass is 9.86. The molecule has 0 heterocycles. The molecule has 2 N–H and O–H groups in total. The average molecular weight is 328 g/mol. The highest BCUT2D eigenvalue weighted by Crippen LogP contribution is 2.29. The Morgan fingerprint density at radius 2 is 1.71 bits per heavy atom. The van der Waals surface area contributed by atoms with Crippen molar-refractivity contribution in [3.8, 4) is 0 Å². The van der Waals surface area contributed by atoms with E-state index in [1.807, 2.05) is 24.3 Å². The third kappa shape index (κ3) is 5.46. The molecule has 0 atom stereocenters. The van der Waals surface area contributed by atoms with Crippen LogP contribution in [0.25, 0.3) is 0 Å². The SMILES string of the molecule is CC(C)(C)c1ccccc1NC(=O)CNCCc1ccc(F)cc1. The number of nitrogens with one attached hydrogen (secondary N) is 2. The summed E-state index contributed by atoms with van der Waals surface area (Å²) in [5.41, 5.74) is 2.99. The van der Waals surface area contributed by atoms with Gasteiger partial charge in [-0.3, -0.25) is 4.79 Å². The topological polar surface area (TPSA) is 41.1 Å². The van der Waals surface area contributed by atoms with Gasteiger partial charge in [0.1, 0.15) is 5.82 Å². The van der Waals surface area contributed by atoms with Crippen molar-refractivity contribution in [2.24, 2.45) is 0 Å². The minimum absolute atomic E-state index is 0.0279. The monoisotopic (exact) mass is 328 g/mol. The molecule has 0 aliphatic carbocycles. The van der Waals surface area contributed by atoms with Crippen LogP contribution in [0.15, 0.2) is 48.5 Å². The third-order valence-corrected chi connectivity index (χ3v) is 3.80. The summed E-state index contributed by atoms with van der Waals surface area (Å²) in [5.74, 6) is -0.297. The molecule has 0 bridgehead atoms. The Labute approximate surface area is 143 Å². The number of hydrogen-bond acceptors (Lipinski definition) is 2. The molecule has 0 saturated heterocycles. The Morgan fingerprint density at radius 3 is 2.38 bits per heavy atom. The molecular weight excluding hydrogens is 303 g/mol. The number of carbonyl (C=O) groups is 1. The smallest absolute Gasteiger partial charge is 0.238 e. The molecule has 24 heavy (non-hydrogen) atoms. The molecule has 0 saturated carbocycles. The van der Waals surface area contributed by atoms with Gasteiger partial charge in [0.2, 0.25) is 5.91 Å². The van der Waals surface area contributed by atoms with Gasteiger partial charge in [-0.05, 0) is 47.7 Å². The molecule has 4 heteroatoms. The summed E-state index contributed by atoms with van der Waals surface area (Å²) in [7, 11) is 0. The Morgan fingerprint density at radius 1 is 1.04 bits per heavy atom. The fraction of sp³-hybridized carbons (Fsp3) is 0.350. The van der Waals surface area contributed by atoms with Gasteiger partial charge in [-0.15, -0.1) is 0 Å². The maximum Gasteiger partial charge on any atom is 0.238 e. The Hall–Kier alpha value is -2.20. The van der Waals surface area contributed by atoms with Crippen molar-refractivity contribution >= 4 is 11.6 Å². The van der Waals surface area contributed by atoms with Crippen LogP contribution in [0.4, 0.5) is 10.1 Å². The van der Waals surface area contributed by atoms with Gasteiger partial charge in [0, 0.05) is 5.69 Å². The van der Waals surface area contributed by atoms with Crippen LogP contribution in [0.3, 0.4) is 0 Å². The molecule has 2 aromatic carbocycles. The number of hydrogen-bond donors (Lipinski definition) is 2. The normalized spacial score (nSPS) is 11.3. The zero-order valence-corrected chi connectivity index (χ0v) is 14.5. The molecule has 0 aromatic heterocycles. The first kappa shape index (κ1) is 18.1. The maximum absolute atomic E-state index is 12.8. The average Bonchev–Trinajstić information content (AvgIpc) is 2.53. The number of amides is 1. The summed E-state index contributed by atoms with van der Waals surface area (Å²) in [6.07, 6.45) is 0.756. The van der Waals surface area contributed by atoms with Crippen molar-refractivity contribution in [2.45, 2.75) is 32.6 Å². The quantitative estimate of drug-likeness (QED) is 0.790. The van der Waals surface area contributed by atoms with Crippen LogP contribution < -0.4 is 10.6 Å². The number of para-hydroxylation sites is 1. The summed E-state index contributed by atoms with van der Waals surface area (Å²) in [6.45, 7) is 7.29. The Balaban J connectivity index is 1.81. The number of rotatable bonds is 6. The molecule has 3 nitrogen and oxygen atoms in total. The van der Waals surface area contributed by atoms with E-state index in [9.17, 15) is 9.18 Å². The van der Waals surface area contributed by atoms with Crippen molar-refractivity contribution in [3.63, 3.8) is 0 Å². The minimum Gasteiger partial charge on any atom is -0.325 e. The van der Waals surface area contributed by atoms with Crippen LogP contribution >= 0.6 is 0 Å². The molecule has 2 aromatic rings. The van der Waals surface area contributed by atoms with Gasteiger partial charge in [0.25, 0.3) is 0 Å². The molecule has 0 fully saturated rings. The van der Waals surface area contributed by atoms with Crippen molar-refractivity contribution in [1.82, 2.24) is 5.32 Å². The van der Waals surface area contributed by atoms with Crippen LogP contribution in [0.2, 0.25) is 0 Å². The van der Waals surface area contributed by atoms with E-state index < -0.39 is 0 Å². The molecule has 0 radical (unpaired) electrons. The van der Waals surface area contributed by atoms with Crippen molar-refractivity contribution in [3.05, 3.63) is 65.5 Å². The molecular formula is C20H25FN2O. The lowest BCUT2D eigenvalue weighted by Crippen LogP contribution is -2.30. The van der Waals surface area contributed by atoms with Crippen LogP contribution in [-0.2, 0) is 16.6 Å². The first-order valence-corrected chi connectivity index (χ1v) is 8.21. The van der Waals surface area contributed by atoms with E-state index in [0.29, 0.717) is 6.54 Å². The van der Waals surface area contributed by atoms with E-state index in [1.165, 1.54) is 12.1 Å².